The Bertz CT molecular complexity index is 686. The Balaban J connectivity index is 2.08. The number of rotatable bonds is 4. The van der Waals surface area contributed by atoms with Crippen LogP contribution in [-0.4, -0.2) is 51.2 Å². The van der Waals surface area contributed by atoms with E-state index in [0.717, 1.165) is 17.7 Å². The Morgan fingerprint density at radius 3 is 2.75 bits per heavy atom. The van der Waals surface area contributed by atoms with Gasteiger partial charge in [0.15, 0.2) is 10.4 Å². The summed E-state index contributed by atoms with van der Waals surface area (Å²) in [5.41, 5.74) is 1.77. The number of hydrogen-bond donors (Lipinski definition) is 1. The van der Waals surface area contributed by atoms with Crippen LogP contribution in [-0.2, 0) is 6.54 Å². The summed E-state index contributed by atoms with van der Waals surface area (Å²) < 4.78 is 8.00. The van der Waals surface area contributed by atoms with Crippen LogP contribution in [0.1, 0.15) is 19.3 Å². The third-order valence-electron chi connectivity index (χ3n) is 4.40. The van der Waals surface area contributed by atoms with Gasteiger partial charge in [0.05, 0.1) is 7.11 Å². The summed E-state index contributed by atoms with van der Waals surface area (Å²) in [7, 11) is 5.86. The van der Waals surface area contributed by atoms with Gasteiger partial charge in [-0.1, -0.05) is 0 Å². The number of likely N-dealkylation sites (N-methyl/N-ethyl adjacent to an activating group) is 1. The minimum absolute atomic E-state index is 0.186. The van der Waals surface area contributed by atoms with Crippen molar-refractivity contribution in [2.75, 3.05) is 21.2 Å². The maximum absolute atomic E-state index is 5.45. The number of ether oxygens (including phenoxy) is 1. The molecule has 0 saturated heterocycles. The maximum Gasteiger partial charge on any atom is 0.242 e. The summed E-state index contributed by atoms with van der Waals surface area (Å²) in [6.07, 6.45) is 5.17. The minimum atomic E-state index is 0.186. The van der Waals surface area contributed by atoms with Crippen LogP contribution in [0.3, 0.4) is 0 Å². The standard InChI is InChI=1S/C13H19N5OS/c1-17(2)13(5-4-6-13)7-18-10-9(16-12(18)20)11(19-3)15-8-14-10/h8H,4-7H2,1-3H3,(H,16,20). The predicted octanol–water partition coefficient (Wildman–Crippen LogP) is 1.98. The van der Waals surface area contributed by atoms with Gasteiger partial charge in [-0.25, -0.2) is 4.98 Å². The Hall–Kier alpha value is -1.47. The van der Waals surface area contributed by atoms with Crippen molar-refractivity contribution in [2.24, 2.45) is 0 Å². The van der Waals surface area contributed by atoms with Gasteiger partial charge in [-0.2, -0.15) is 4.98 Å². The second-order valence-corrected chi connectivity index (χ2v) is 5.96. The van der Waals surface area contributed by atoms with Crippen LogP contribution in [0.25, 0.3) is 11.2 Å². The quantitative estimate of drug-likeness (QED) is 0.874. The Kier molecular flexibility index (Phi) is 3.25. The van der Waals surface area contributed by atoms with Crippen LogP contribution < -0.4 is 4.74 Å². The van der Waals surface area contributed by atoms with Crippen molar-refractivity contribution in [1.29, 1.82) is 0 Å². The zero-order chi connectivity index (χ0) is 14.3. The third kappa shape index (κ3) is 1.92. The van der Waals surface area contributed by atoms with Gasteiger partial charge in [0.25, 0.3) is 0 Å². The van der Waals surface area contributed by atoms with Crippen molar-refractivity contribution in [3.8, 4) is 5.88 Å². The number of H-pyrrole nitrogens is 1. The molecule has 0 bridgehead atoms. The van der Waals surface area contributed by atoms with Gasteiger partial charge in [0.1, 0.15) is 11.8 Å². The molecule has 7 heteroatoms. The molecule has 0 atom stereocenters. The van der Waals surface area contributed by atoms with E-state index in [9.17, 15) is 0 Å². The molecule has 6 nitrogen and oxygen atoms in total. The Morgan fingerprint density at radius 2 is 2.20 bits per heavy atom. The van der Waals surface area contributed by atoms with Crippen LogP contribution >= 0.6 is 12.2 Å². The van der Waals surface area contributed by atoms with Crippen molar-refractivity contribution in [2.45, 2.75) is 31.3 Å². The van der Waals surface area contributed by atoms with Gasteiger partial charge in [0, 0.05) is 12.1 Å². The molecule has 2 aromatic heterocycles. The second-order valence-electron chi connectivity index (χ2n) is 5.57. The monoisotopic (exact) mass is 293 g/mol. The van der Waals surface area contributed by atoms with E-state index in [1.807, 2.05) is 0 Å². The van der Waals surface area contributed by atoms with Crippen LogP contribution in [0, 0.1) is 4.77 Å². The van der Waals surface area contributed by atoms with E-state index in [-0.39, 0.29) is 5.54 Å². The summed E-state index contributed by atoms with van der Waals surface area (Å²) >= 11 is 5.45. The number of aromatic nitrogens is 4. The highest BCUT2D eigenvalue weighted by Gasteiger charge is 2.40. The van der Waals surface area contributed by atoms with Crippen molar-refractivity contribution < 1.29 is 4.74 Å². The lowest BCUT2D eigenvalue weighted by atomic mass is 9.75. The Morgan fingerprint density at radius 1 is 1.45 bits per heavy atom. The summed E-state index contributed by atoms with van der Waals surface area (Å²) in [6.45, 7) is 0.846. The lowest BCUT2D eigenvalue weighted by Crippen LogP contribution is -2.53. The molecule has 2 heterocycles. The Labute approximate surface area is 122 Å². The van der Waals surface area contributed by atoms with Gasteiger partial charge in [0.2, 0.25) is 5.88 Å². The first-order chi connectivity index (χ1) is 9.57. The molecule has 0 spiro atoms. The first-order valence-electron chi connectivity index (χ1n) is 6.72. The molecule has 108 valence electrons. The summed E-state index contributed by atoms with van der Waals surface area (Å²) in [5, 5.41) is 0. The predicted molar refractivity (Wildman–Crippen MR) is 79.5 cm³/mol. The largest absolute Gasteiger partial charge is 0.479 e. The highest BCUT2D eigenvalue weighted by molar-refractivity contribution is 7.71. The molecule has 3 rings (SSSR count). The van der Waals surface area contributed by atoms with E-state index in [2.05, 4.69) is 38.5 Å². The van der Waals surface area contributed by atoms with E-state index in [1.54, 1.807) is 7.11 Å². The molecule has 20 heavy (non-hydrogen) atoms. The van der Waals surface area contributed by atoms with Gasteiger partial charge < -0.3 is 14.6 Å². The van der Waals surface area contributed by atoms with E-state index in [4.69, 9.17) is 17.0 Å². The van der Waals surface area contributed by atoms with Gasteiger partial charge in [-0.3, -0.25) is 4.57 Å². The molecule has 2 aromatic rings. The molecule has 1 saturated carbocycles. The summed E-state index contributed by atoms with van der Waals surface area (Å²) in [5.74, 6) is 0.535. The molecule has 0 amide bonds. The summed E-state index contributed by atoms with van der Waals surface area (Å²) in [4.78, 5) is 13.9. The number of fused-ring (bicyclic) bond motifs is 1. The molecule has 0 unspecified atom stereocenters. The highest BCUT2D eigenvalue weighted by atomic mass is 32.1. The molecule has 1 fully saturated rings. The first kappa shape index (κ1) is 13.5. The number of aromatic amines is 1. The van der Waals surface area contributed by atoms with Gasteiger partial charge in [-0.15, -0.1) is 0 Å². The molecule has 1 aliphatic carbocycles. The number of nitrogens with zero attached hydrogens (tertiary/aromatic N) is 4. The number of nitrogens with one attached hydrogen (secondary N) is 1. The van der Waals surface area contributed by atoms with Crippen molar-refractivity contribution in [3.05, 3.63) is 11.1 Å². The van der Waals surface area contributed by atoms with E-state index in [1.165, 1.54) is 25.6 Å². The SMILES string of the molecule is COc1ncnc2c1[nH]c(=S)n2CC1(N(C)C)CCC1. The van der Waals surface area contributed by atoms with E-state index in [0.29, 0.717) is 10.7 Å². The topological polar surface area (TPSA) is 59.0 Å². The highest BCUT2D eigenvalue weighted by Crippen LogP contribution is 2.38. The lowest BCUT2D eigenvalue weighted by molar-refractivity contribution is 0.0430. The van der Waals surface area contributed by atoms with Crippen molar-refractivity contribution in [3.63, 3.8) is 0 Å². The molecule has 0 aliphatic heterocycles. The fourth-order valence-corrected chi connectivity index (χ4v) is 3.13. The molecule has 0 radical (unpaired) electrons. The zero-order valence-corrected chi connectivity index (χ0v) is 12.8. The van der Waals surface area contributed by atoms with E-state index < -0.39 is 0 Å². The maximum atomic E-state index is 5.45. The normalized spacial score (nSPS) is 17.4. The third-order valence-corrected chi connectivity index (χ3v) is 4.73. The molecule has 1 N–H and O–H groups in total. The van der Waals surface area contributed by atoms with Gasteiger partial charge in [-0.05, 0) is 45.6 Å². The fraction of sp³-hybridized carbons (Fsp3) is 0.615. The number of hydrogen-bond acceptors (Lipinski definition) is 5. The molecular weight excluding hydrogens is 274 g/mol. The lowest BCUT2D eigenvalue weighted by Gasteiger charge is -2.47. The van der Waals surface area contributed by atoms with Crippen molar-refractivity contribution >= 4 is 23.4 Å². The minimum Gasteiger partial charge on any atom is -0.479 e. The van der Waals surface area contributed by atoms with Crippen LogP contribution in [0.4, 0.5) is 0 Å². The summed E-state index contributed by atoms with van der Waals surface area (Å²) in [6, 6.07) is 0. The van der Waals surface area contributed by atoms with Crippen LogP contribution in [0.5, 0.6) is 5.88 Å². The average Bonchev–Trinajstić information content (AvgIpc) is 2.69. The number of imidazole rings is 1. The van der Waals surface area contributed by atoms with Crippen LogP contribution in [0.15, 0.2) is 6.33 Å². The van der Waals surface area contributed by atoms with Gasteiger partial charge >= 0.3 is 0 Å². The first-order valence-corrected chi connectivity index (χ1v) is 7.13. The zero-order valence-electron chi connectivity index (χ0n) is 12.0. The fourth-order valence-electron chi connectivity index (χ4n) is 2.87. The molecular formula is C13H19N5OS. The smallest absolute Gasteiger partial charge is 0.242 e. The number of methoxy groups -OCH3 is 1. The molecule has 0 aromatic carbocycles. The molecule has 1 aliphatic rings. The second kappa shape index (κ2) is 4.82. The van der Waals surface area contributed by atoms with Crippen LogP contribution in [0.2, 0.25) is 0 Å². The van der Waals surface area contributed by atoms with Crippen molar-refractivity contribution in [1.82, 2.24) is 24.4 Å². The van der Waals surface area contributed by atoms with E-state index >= 15 is 0 Å². The average molecular weight is 293 g/mol.